The van der Waals surface area contributed by atoms with Gasteiger partial charge in [0.2, 0.25) is 0 Å². The van der Waals surface area contributed by atoms with E-state index < -0.39 is 5.82 Å². The van der Waals surface area contributed by atoms with E-state index in [1.165, 1.54) is 0 Å². The molecule has 0 saturated heterocycles. The zero-order valence-electron chi connectivity index (χ0n) is 3.05. The first kappa shape index (κ1) is 4.39. The summed E-state index contributed by atoms with van der Waals surface area (Å²) in [5.41, 5.74) is 0. The van der Waals surface area contributed by atoms with Gasteiger partial charge in [-0.25, -0.2) is 4.79 Å². The SMILES string of the molecule is O=c1onc(Cl)o1. The summed E-state index contributed by atoms with van der Waals surface area (Å²) in [6, 6.07) is 0. The molecule has 0 aliphatic carbocycles. The Morgan fingerprint density at radius 1 is 1.71 bits per heavy atom. The highest BCUT2D eigenvalue weighted by molar-refractivity contribution is 6.27. The average molecular weight is 121 g/mol. The third-order valence-corrected chi connectivity index (χ3v) is 0.506. The van der Waals surface area contributed by atoms with Crippen LogP contribution >= 0.6 is 11.6 Å². The quantitative estimate of drug-likeness (QED) is 0.495. The maximum atomic E-state index is 9.81. The first-order chi connectivity index (χ1) is 3.29. The highest BCUT2D eigenvalue weighted by Crippen LogP contribution is 1.94. The van der Waals surface area contributed by atoms with Crippen molar-refractivity contribution < 1.29 is 8.94 Å². The lowest BCUT2D eigenvalue weighted by molar-refractivity contribution is 0.335. The molecule has 4 nitrogen and oxygen atoms in total. The molecule has 0 aromatic carbocycles. The molecule has 0 radical (unpaired) electrons. The van der Waals surface area contributed by atoms with Crippen molar-refractivity contribution in [2.24, 2.45) is 0 Å². The summed E-state index contributed by atoms with van der Waals surface area (Å²) in [4.78, 5) is 9.81. The van der Waals surface area contributed by atoms with E-state index in [0.29, 0.717) is 0 Å². The standard InChI is InChI=1S/C2ClNO3/c3-1-4-7-2(5)6-1. The molecular weight excluding hydrogens is 121 g/mol. The molecule has 7 heavy (non-hydrogen) atoms. The molecule has 0 aliphatic rings. The lowest BCUT2D eigenvalue weighted by atomic mass is 11.5. The number of halogens is 1. The summed E-state index contributed by atoms with van der Waals surface area (Å²) < 4.78 is 7.88. The van der Waals surface area contributed by atoms with Crippen molar-refractivity contribution in [1.82, 2.24) is 5.16 Å². The van der Waals surface area contributed by atoms with Gasteiger partial charge in [0, 0.05) is 0 Å². The fourth-order valence-electron chi connectivity index (χ4n) is 0.179. The van der Waals surface area contributed by atoms with Gasteiger partial charge in [-0.2, -0.15) is 0 Å². The Balaban J connectivity index is 3.30. The van der Waals surface area contributed by atoms with Gasteiger partial charge >= 0.3 is 11.2 Å². The number of rotatable bonds is 0. The Hall–Kier alpha value is -0.770. The maximum Gasteiger partial charge on any atom is 0.543 e. The molecule has 0 spiro atoms. The summed E-state index contributed by atoms with van der Waals surface area (Å²) >= 11 is 4.99. The third-order valence-electron chi connectivity index (χ3n) is 0.360. The fourth-order valence-corrected chi connectivity index (χ4v) is 0.277. The van der Waals surface area contributed by atoms with Crippen molar-refractivity contribution in [1.29, 1.82) is 0 Å². The third kappa shape index (κ3) is 0.806. The Kier molecular flexibility index (Phi) is 0.867. The van der Waals surface area contributed by atoms with Crippen LogP contribution in [0, 0.1) is 0 Å². The molecule has 1 heterocycles. The first-order valence-corrected chi connectivity index (χ1v) is 1.79. The van der Waals surface area contributed by atoms with Crippen LogP contribution in [0.3, 0.4) is 0 Å². The summed E-state index contributed by atoms with van der Waals surface area (Å²) in [7, 11) is 0. The average Bonchev–Trinajstić information content (AvgIpc) is 1.87. The Morgan fingerprint density at radius 3 is 2.57 bits per heavy atom. The van der Waals surface area contributed by atoms with Crippen LogP contribution in [0.25, 0.3) is 0 Å². The van der Waals surface area contributed by atoms with Crippen LogP contribution in [0.1, 0.15) is 0 Å². The highest BCUT2D eigenvalue weighted by Gasteiger charge is 1.93. The van der Waals surface area contributed by atoms with Crippen LogP contribution in [0.15, 0.2) is 13.7 Å². The molecule has 1 aromatic rings. The smallest absolute Gasteiger partial charge is 0.360 e. The number of nitrogens with zero attached hydrogens (tertiary/aromatic N) is 1. The topological polar surface area (TPSA) is 56.2 Å². The molecule has 0 unspecified atom stereocenters. The van der Waals surface area contributed by atoms with Crippen LogP contribution in [0.4, 0.5) is 0 Å². The molecule has 0 aliphatic heterocycles. The first-order valence-electron chi connectivity index (χ1n) is 1.41. The predicted octanol–water partition coefficient (Wildman–Crippen LogP) is 0.281. The van der Waals surface area contributed by atoms with Gasteiger partial charge in [-0.05, 0) is 16.8 Å². The minimum absolute atomic E-state index is 0.273. The minimum atomic E-state index is -0.884. The maximum absolute atomic E-state index is 9.81. The zero-order chi connectivity index (χ0) is 5.28. The number of hydrogen-bond acceptors (Lipinski definition) is 4. The molecular formula is C2ClNO3. The summed E-state index contributed by atoms with van der Waals surface area (Å²) in [6.07, 6.45) is 0. The van der Waals surface area contributed by atoms with Crippen LogP contribution in [-0.4, -0.2) is 5.16 Å². The van der Waals surface area contributed by atoms with Gasteiger partial charge in [-0.3, -0.25) is 4.52 Å². The highest BCUT2D eigenvalue weighted by atomic mass is 35.5. The normalized spacial score (nSPS) is 9.29. The summed E-state index contributed by atoms with van der Waals surface area (Å²) in [5.74, 6) is -0.884. The minimum Gasteiger partial charge on any atom is -0.360 e. The van der Waals surface area contributed by atoms with E-state index in [0.717, 1.165) is 0 Å². The van der Waals surface area contributed by atoms with E-state index >= 15 is 0 Å². The number of aromatic nitrogens is 1. The molecule has 0 saturated carbocycles. The van der Waals surface area contributed by atoms with Gasteiger partial charge in [0.15, 0.2) is 0 Å². The van der Waals surface area contributed by atoms with E-state index in [-0.39, 0.29) is 5.35 Å². The molecule has 0 atom stereocenters. The van der Waals surface area contributed by atoms with Crippen molar-refractivity contribution in [3.8, 4) is 0 Å². The lowest BCUT2D eigenvalue weighted by Crippen LogP contribution is -1.84. The molecule has 1 rings (SSSR count). The van der Waals surface area contributed by atoms with Gasteiger partial charge in [-0.1, -0.05) is 0 Å². The predicted molar refractivity (Wildman–Crippen MR) is 20.0 cm³/mol. The monoisotopic (exact) mass is 121 g/mol. The van der Waals surface area contributed by atoms with Crippen LogP contribution in [-0.2, 0) is 0 Å². The zero-order valence-corrected chi connectivity index (χ0v) is 3.81. The Morgan fingerprint density at radius 2 is 2.43 bits per heavy atom. The van der Waals surface area contributed by atoms with Gasteiger partial charge in [0.05, 0.1) is 0 Å². The van der Waals surface area contributed by atoms with Crippen molar-refractivity contribution in [3.05, 3.63) is 16.0 Å². The van der Waals surface area contributed by atoms with Gasteiger partial charge in [0.1, 0.15) is 0 Å². The fraction of sp³-hybridized carbons (Fsp3) is 0. The number of hydrogen-bond donors (Lipinski definition) is 0. The van der Waals surface area contributed by atoms with Crippen molar-refractivity contribution in [2.75, 3.05) is 0 Å². The van der Waals surface area contributed by atoms with Crippen molar-refractivity contribution >= 4 is 11.6 Å². The van der Waals surface area contributed by atoms with E-state index in [1.807, 2.05) is 0 Å². The van der Waals surface area contributed by atoms with Gasteiger partial charge in [0.25, 0.3) is 0 Å². The van der Waals surface area contributed by atoms with Gasteiger partial charge < -0.3 is 4.42 Å². The second-order valence-corrected chi connectivity index (χ2v) is 1.11. The Labute approximate surface area is 42.7 Å². The molecule has 0 fully saturated rings. The summed E-state index contributed by atoms with van der Waals surface area (Å²) in [6.45, 7) is 0. The van der Waals surface area contributed by atoms with Crippen LogP contribution in [0.2, 0.25) is 5.35 Å². The molecule has 38 valence electrons. The second-order valence-electron chi connectivity index (χ2n) is 0.788. The Bertz CT molecular complexity index is 201. The molecule has 1 aromatic heterocycles. The second kappa shape index (κ2) is 1.38. The van der Waals surface area contributed by atoms with E-state index in [2.05, 4.69) is 14.1 Å². The summed E-state index contributed by atoms with van der Waals surface area (Å²) in [5, 5.41) is 2.65. The van der Waals surface area contributed by atoms with Crippen molar-refractivity contribution in [2.45, 2.75) is 0 Å². The van der Waals surface area contributed by atoms with Crippen molar-refractivity contribution in [3.63, 3.8) is 0 Å². The largest absolute Gasteiger partial charge is 0.543 e. The molecule has 0 amide bonds. The van der Waals surface area contributed by atoms with Crippen LogP contribution < -0.4 is 5.82 Å². The van der Waals surface area contributed by atoms with E-state index in [9.17, 15) is 4.79 Å². The molecule has 5 heteroatoms. The van der Waals surface area contributed by atoms with Gasteiger partial charge in [-0.15, -0.1) is 0 Å². The van der Waals surface area contributed by atoms with E-state index in [1.54, 1.807) is 0 Å². The van der Waals surface area contributed by atoms with Crippen LogP contribution in [0.5, 0.6) is 0 Å². The molecule has 0 bridgehead atoms. The van der Waals surface area contributed by atoms with E-state index in [4.69, 9.17) is 11.6 Å². The molecule has 0 N–H and O–H groups in total. The lowest BCUT2D eigenvalue weighted by Gasteiger charge is -1.56.